The average molecular weight is 390 g/mol. The minimum Gasteiger partial charge on any atom is -0.485 e. The molecule has 27 heavy (non-hydrogen) atoms. The van der Waals surface area contributed by atoms with Gasteiger partial charge in [0.15, 0.2) is 0 Å². The summed E-state index contributed by atoms with van der Waals surface area (Å²) >= 11 is 6.07. The van der Waals surface area contributed by atoms with Gasteiger partial charge in [0.1, 0.15) is 23.6 Å². The molecule has 2 atom stereocenters. The fraction of sp³-hybridized carbons (Fsp3) is 0.455. The van der Waals surface area contributed by atoms with Crippen LogP contribution in [0.25, 0.3) is 0 Å². The fourth-order valence-corrected chi connectivity index (χ4v) is 3.75. The van der Waals surface area contributed by atoms with E-state index in [9.17, 15) is 0 Å². The first kappa shape index (κ1) is 20.0. The maximum absolute atomic E-state index is 6.24. The summed E-state index contributed by atoms with van der Waals surface area (Å²) in [5, 5.41) is 4.19. The Hall–Kier alpha value is -1.75. The van der Waals surface area contributed by atoms with Crippen molar-refractivity contribution in [2.24, 2.45) is 0 Å². The molecule has 0 saturated heterocycles. The molecule has 3 rings (SSSR count). The van der Waals surface area contributed by atoms with E-state index in [0.717, 1.165) is 27.6 Å². The Bertz CT molecular complexity index is 791. The number of rotatable bonds is 6. The van der Waals surface area contributed by atoms with Gasteiger partial charge in [-0.2, -0.15) is 0 Å². The average Bonchev–Trinajstić information content (AvgIpc) is 2.59. The Morgan fingerprint density at radius 3 is 2.63 bits per heavy atom. The number of halogens is 1. The first-order valence-corrected chi connectivity index (χ1v) is 9.67. The lowest BCUT2D eigenvalue weighted by Crippen LogP contribution is -2.50. The van der Waals surface area contributed by atoms with Gasteiger partial charge in [-0.15, -0.1) is 0 Å². The Balaban J connectivity index is 1.87. The standard InChI is InChI=1S/C22H28ClNO3/c1-14(2)26-20-18-12-17(24-13-15-7-6-8-16(23)11-15)9-10-19(18)27-22(3,4)21(20)25-5/h6-12,14,20-21,24H,13H2,1-5H3. The van der Waals surface area contributed by atoms with E-state index in [-0.39, 0.29) is 18.3 Å². The predicted molar refractivity (Wildman–Crippen MR) is 110 cm³/mol. The molecule has 2 aromatic carbocycles. The molecular formula is C22H28ClNO3. The van der Waals surface area contributed by atoms with Crippen molar-refractivity contribution in [1.82, 2.24) is 0 Å². The second kappa shape index (κ2) is 8.09. The summed E-state index contributed by atoms with van der Waals surface area (Å²) in [5.74, 6) is 0.840. The molecule has 1 heterocycles. The lowest BCUT2D eigenvalue weighted by atomic mass is 9.87. The molecule has 0 amide bonds. The van der Waals surface area contributed by atoms with Crippen LogP contribution in [-0.2, 0) is 16.0 Å². The minimum absolute atomic E-state index is 0.0810. The third kappa shape index (κ3) is 4.57. The van der Waals surface area contributed by atoms with E-state index in [0.29, 0.717) is 6.54 Å². The van der Waals surface area contributed by atoms with Gasteiger partial charge in [0.25, 0.3) is 0 Å². The highest BCUT2D eigenvalue weighted by Gasteiger charge is 2.45. The van der Waals surface area contributed by atoms with Gasteiger partial charge in [0, 0.05) is 29.9 Å². The molecule has 0 spiro atoms. The lowest BCUT2D eigenvalue weighted by molar-refractivity contribution is -0.161. The number of anilines is 1. The van der Waals surface area contributed by atoms with E-state index in [4.69, 9.17) is 25.8 Å². The summed E-state index contributed by atoms with van der Waals surface area (Å²) in [6, 6.07) is 14.0. The van der Waals surface area contributed by atoms with Crippen molar-refractivity contribution in [3.63, 3.8) is 0 Å². The number of benzene rings is 2. The third-order valence-electron chi connectivity index (χ3n) is 4.71. The smallest absolute Gasteiger partial charge is 0.132 e. The Labute approximate surface area is 166 Å². The summed E-state index contributed by atoms with van der Waals surface area (Å²) in [6.45, 7) is 8.83. The van der Waals surface area contributed by atoms with Crippen molar-refractivity contribution in [1.29, 1.82) is 0 Å². The molecule has 2 unspecified atom stereocenters. The fourth-order valence-electron chi connectivity index (χ4n) is 3.54. The highest BCUT2D eigenvalue weighted by molar-refractivity contribution is 6.30. The number of ether oxygens (including phenoxy) is 3. The SMILES string of the molecule is COC1C(OC(C)C)c2cc(NCc3cccc(Cl)c3)ccc2OC1(C)C. The summed E-state index contributed by atoms with van der Waals surface area (Å²) in [7, 11) is 1.71. The first-order chi connectivity index (χ1) is 12.8. The quantitative estimate of drug-likeness (QED) is 0.697. The Kier molecular flexibility index (Phi) is 5.99. The highest BCUT2D eigenvalue weighted by atomic mass is 35.5. The minimum atomic E-state index is -0.475. The zero-order chi connectivity index (χ0) is 19.6. The van der Waals surface area contributed by atoms with Crippen molar-refractivity contribution in [3.8, 4) is 5.75 Å². The number of hydrogen-bond donors (Lipinski definition) is 1. The van der Waals surface area contributed by atoms with E-state index < -0.39 is 5.60 Å². The van der Waals surface area contributed by atoms with Crippen LogP contribution in [0.2, 0.25) is 5.02 Å². The molecule has 1 aliphatic rings. The normalized spacial score (nSPS) is 20.9. The molecule has 0 radical (unpaired) electrons. The summed E-state index contributed by atoms with van der Waals surface area (Å²) in [4.78, 5) is 0. The predicted octanol–water partition coefficient (Wildman–Crippen LogP) is 5.60. The van der Waals surface area contributed by atoms with Gasteiger partial charge < -0.3 is 19.5 Å². The van der Waals surface area contributed by atoms with E-state index in [1.165, 1.54) is 0 Å². The second-order valence-corrected chi connectivity index (χ2v) is 8.14. The largest absolute Gasteiger partial charge is 0.485 e. The Morgan fingerprint density at radius 1 is 1.19 bits per heavy atom. The number of nitrogens with one attached hydrogen (secondary N) is 1. The van der Waals surface area contributed by atoms with Crippen LogP contribution in [0, 0.1) is 0 Å². The molecule has 0 saturated carbocycles. The van der Waals surface area contributed by atoms with Crippen LogP contribution in [0.15, 0.2) is 42.5 Å². The van der Waals surface area contributed by atoms with Gasteiger partial charge in [0.05, 0.1) is 6.10 Å². The molecule has 1 aliphatic heterocycles. The van der Waals surface area contributed by atoms with Gasteiger partial charge in [-0.1, -0.05) is 23.7 Å². The highest BCUT2D eigenvalue weighted by Crippen LogP contribution is 2.44. The first-order valence-electron chi connectivity index (χ1n) is 9.29. The molecule has 2 aromatic rings. The molecule has 146 valence electrons. The number of hydrogen-bond acceptors (Lipinski definition) is 4. The molecule has 0 bridgehead atoms. The maximum atomic E-state index is 6.24. The van der Waals surface area contributed by atoms with Crippen LogP contribution < -0.4 is 10.1 Å². The molecule has 5 heteroatoms. The van der Waals surface area contributed by atoms with Crippen LogP contribution in [0.3, 0.4) is 0 Å². The van der Waals surface area contributed by atoms with Gasteiger partial charge in [-0.25, -0.2) is 0 Å². The van der Waals surface area contributed by atoms with Crippen LogP contribution in [-0.4, -0.2) is 24.9 Å². The molecule has 0 aliphatic carbocycles. The van der Waals surface area contributed by atoms with Crippen LogP contribution in [0.4, 0.5) is 5.69 Å². The molecular weight excluding hydrogens is 362 g/mol. The zero-order valence-electron chi connectivity index (χ0n) is 16.6. The topological polar surface area (TPSA) is 39.7 Å². The summed E-state index contributed by atoms with van der Waals surface area (Å²) in [5.41, 5.74) is 2.66. The third-order valence-corrected chi connectivity index (χ3v) is 4.94. The van der Waals surface area contributed by atoms with E-state index in [1.807, 2.05) is 58.0 Å². The van der Waals surface area contributed by atoms with E-state index in [1.54, 1.807) is 7.11 Å². The van der Waals surface area contributed by atoms with E-state index in [2.05, 4.69) is 17.4 Å². The molecule has 4 nitrogen and oxygen atoms in total. The monoisotopic (exact) mass is 389 g/mol. The maximum Gasteiger partial charge on any atom is 0.132 e. The summed E-state index contributed by atoms with van der Waals surface area (Å²) in [6.07, 6.45) is -0.310. The zero-order valence-corrected chi connectivity index (χ0v) is 17.3. The lowest BCUT2D eigenvalue weighted by Gasteiger charge is -2.44. The van der Waals surface area contributed by atoms with Crippen LogP contribution in [0.5, 0.6) is 5.75 Å². The van der Waals surface area contributed by atoms with Crippen molar-refractivity contribution in [2.45, 2.75) is 58.2 Å². The van der Waals surface area contributed by atoms with Gasteiger partial charge >= 0.3 is 0 Å². The van der Waals surface area contributed by atoms with Crippen molar-refractivity contribution in [2.75, 3.05) is 12.4 Å². The van der Waals surface area contributed by atoms with Gasteiger partial charge in [-0.05, 0) is 63.6 Å². The molecule has 0 fully saturated rings. The van der Waals surface area contributed by atoms with Crippen molar-refractivity contribution >= 4 is 17.3 Å². The number of methoxy groups -OCH3 is 1. The van der Waals surface area contributed by atoms with Crippen LogP contribution >= 0.6 is 11.6 Å². The van der Waals surface area contributed by atoms with Gasteiger partial charge in [-0.3, -0.25) is 0 Å². The number of fused-ring (bicyclic) bond motifs is 1. The van der Waals surface area contributed by atoms with Crippen molar-refractivity contribution in [3.05, 3.63) is 58.6 Å². The van der Waals surface area contributed by atoms with Crippen molar-refractivity contribution < 1.29 is 14.2 Å². The second-order valence-electron chi connectivity index (χ2n) is 7.70. The summed E-state index contributed by atoms with van der Waals surface area (Å²) < 4.78 is 18.2. The molecule has 0 aromatic heterocycles. The Morgan fingerprint density at radius 2 is 1.96 bits per heavy atom. The van der Waals surface area contributed by atoms with Crippen LogP contribution in [0.1, 0.15) is 44.9 Å². The van der Waals surface area contributed by atoms with E-state index >= 15 is 0 Å². The molecule has 1 N–H and O–H groups in total. The van der Waals surface area contributed by atoms with Gasteiger partial charge in [0.2, 0.25) is 0 Å².